The molecule has 6 rings (SSSR count). The van der Waals surface area contributed by atoms with E-state index in [0.717, 1.165) is 44.0 Å². The number of fused-ring (bicyclic) bond motifs is 4. The van der Waals surface area contributed by atoms with E-state index in [9.17, 15) is 19.6 Å². The van der Waals surface area contributed by atoms with Crippen molar-refractivity contribution in [3.63, 3.8) is 0 Å². The highest BCUT2D eigenvalue weighted by Crippen LogP contribution is 2.47. The molecule has 2 bridgehead atoms. The Hall–Kier alpha value is -3.26. The van der Waals surface area contributed by atoms with Gasteiger partial charge in [0.05, 0.1) is 52.1 Å². The molecule has 0 spiro atoms. The molecule has 3 fully saturated rings. The van der Waals surface area contributed by atoms with Crippen LogP contribution in [0.5, 0.6) is 0 Å². The van der Waals surface area contributed by atoms with E-state index in [1.807, 2.05) is 18.2 Å². The van der Waals surface area contributed by atoms with Crippen LogP contribution in [0.4, 0.5) is 10.1 Å². The molecule has 3 heterocycles. The highest BCUT2D eigenvalue weighted by atomic mass is 35.5. The number of carbonyl (C=O) groups excluding carboxylic acids is 1. The van der Waals surface area contributed by atoms with Gasteiger partial charge in [0, 0.05) is 17.3 Å². The number of halogens is 2. The summed E-state index contributed by atoms with van der Waals surface area (Å²) < 4.78 is 16.0. The van der Waals surface area contributed by atoms with E-state index in [1.54, 1.807) is 10.6 Å². The topological polar surface area (TPSA) is 141 Å². The lowest BCUT2D eigenvalue weighted by molar-refractivity contribution is -0.00177. The summed E-state index contributed by atoms with van der Waals surface area (Å²) in [5, 5.41) is 29.7. The first-order chi connectivity index (χ1) is 17.5. The molecule has 1 amide bonds. The Morgan fingerprint density at radius 1 is 1.24 bits per heavy atom. The summed E-state index contributed by atoms with van der Waals surface area (Å²) in [6, 6.07) is 9.39. The van der Waals surface area contributed by atoms with Gasteiger partial charge in [0.15, 0.2) is 0 Å². The predicted octanol–water partition coefficient (Wildman–Crippen LogP) is 3.74. The summed E-state index contributed by atoms with van der Waals surface area (Å²) in [7, 11) is 0. The Labute approximate surface area is 227 Å². The maximum atomic E-state index is 14.3. The number of carbonyl (C=O) groups is 1. The van der Waals surface area contributed by atoms with Gasteiger partial charge in [-0.15, -0.1) is 12.4 Å². The second kappa shape index (κ2) is 10.1. The molecule has 0 aromatic carbocycles. The predicted molar refractivity (Wildman–Crippen MR) is 145 cm³/mol. The molecule has 0 saturated heterocycles. The minimum absolute atomic E-state index is 0. The van der Waals surface area contributed by atoms with Crippen LogP contribution in [0.2, 0.25) is 0 Å². The number of hydrogen-bond acceptors (Lipinski definition) is 7. The minimum atomic E-state index is -1.62. The molecule has 3 aromatic heterocycles. The van der Waals surface area contributed by atoms with E-state index in [2.05, 4.69) is 26.8 Å². The van der Waals surface area contributed by atoms with Gasteiger partial charge < -0.3 is 21.5 Å². The molecule has 3 aromatic rings. The van der Waals surface area contributed by atoms with E-state index >= 15 is 0 Å². The molecule has 3 saturated carbocycles. The van der Waals surface area contributed by atoms with Gasteiger partial charge in [-0.1, -0.05) is 0 Å². The van der Waals surface area contributed by atoms with Crippen LogP contribution in [0.15, 0.2) is 36.7 Å². The normalized spacial score (nSPS) is 23.4. The molecule has 0 radical (unpaired) electrons. The zero-order chi connectivity index (χ0) is 26.4. The summed E-state index contributed by atoms with van der Waals surface area (Å²) in [6.45, 7) is 2.41. The highest BCUT2D eigenvalue weighted by Gasteiger charge is 2.47. The molecule has 3 aliphatic rings. The number of hydrogen-bond donors (Lipinski definition) is 4. The number of aromatic nitrogens is 3. The van der Waals surface area contributed by atoms with Crippen molar-refractivity contribution < 1.29 is 14.3 Å². The lowest BCUT2D eigenvalue weighted by atomic mass is 9.62. The zero-order valence-electron chi connectivity index (χ0n) is 21.5. The summed E-state index contributed by atoms with van der Waals surface area (Å²) >= 11 is 0. The van der Waals surface area contributed by atoms with Gasteiger partial charge in [0.2, 0.25) is 0 Å². The molecular weight excluding hydrogens is 509 g/mol. The molecule has 0 aliphatic heterocycles. The third-order valence-corrected chi connectivity index (χ3v) is 7.95. The van der Waals surface area contributed by atoms with Gasteiger partial charge in [-0.25, -0.2) is 8.91 Å². The second-order valence-electron chi connectivity index (χ2n) is 11.1. The largest absolute Gasteiger partial charge is 0.387 e. The number of amides is 1. The molecule has 11 heteroatoms. The molecule has 9 nitrogen and oxygen atoms in total. The SMILES string of the molecule is CC(C)(O)[C@H](F)CNC(=O)c1cnc(-c2ccc3cc(C#N)cnn23)cc1NC12CCC(N)(CC1)CC2.Cl. The van der Waals surface area contributed by atoms with Crippen molar-refractivity contribution in [3.05, 3.63) is 47.8 Å². The molecule has 3 aliphatic carbocycles. The fourth-order valence-corrected chi connectivity index (χ4v) is 5.35. The molecule has 1 atom stereocenters. The van der Waals surface area contributed by atoms with Gasteiger partial charge >= 0.3 is 0 Å². The number of alkyl halides is 1. The first-order valence-electron chi connectivity index (χ1n) is 12.6. The third-order valence-electron chi connectivity index (χ3n) is 7.95. The van der Waals surface area contributed by atoms with Gasteiger partial charge in [-0.05, 0) is 76.6 Å². The van der Waals surface area contributed by atoms with Gasteiger partial charge in [-0.3, -0.25) is 9.78 Å². The maximum absolute atomic E-state index is 14.3. The average Bonchev–Trinajstić information content (AvgIpc) is 3.30. The lowest BCUT2D eigenvalue weighted by Gasteiger charge is -2.52. The Bertz CT molecular complexity index is 1370. The Morgan fingerprint density at radius 3 is 2.55 bits per heavy atom. The van der Waals surface area contributed by atoms with Crippen LogP contribution < -0.4 is 16.4 Å². The molecule has 5 N–H and O–H groups in total. The number of nitrogens with two attached hydrogens (primary N) is 1. The van der Waals surface area contributed by atoms with E-state index < -0.39 is 17.7 Å². The van der Waals surface area contributed by atoms with Crippen molar-refractivity contribution in [1.82, 2.24) is 19.9 Å². The number of rotatable bonds is 7. The van der Waals surface area contributed by atoms with Gasteiger partial charge in [0.1, 0.15) is 12.2 Å². The summed E-state index contributed by atoms with van der Waals surface area (Å²) in [5.41, 5.74) is 8.11. The molecule has 0 unspecified atom stereocenters. The van der Waals surface area contributed by atoms with Crippen LogP contribution in [0.3, 0.4) is 0 Å². The Balaban J connectivity index is 0.00000336. The quantitative estimate of drug-likeness (QED) is 0.357. The van der Waals surface area contributed by atoms with Crippen LogP contribution in [0.25, 0.3) is 16.9 Å². The standard InChI is InChI=1S/C27H32FN7O2.ClH/c1-25(2,37)23(28)16-32-24(36)19-15-31-21(22-4-3-18-11-17(13-29)14-33-35(18)22)12-20(19)34-27-8-5-26(30,6-9-27)7-10-27;/h3-4,11-12,14-15,23,37H,5-10,16,30H2,1-2H3,(H,31,34)(H,32,36);1H/t23-,26?,27?;/m1./s1. The first-order valence-corrected chi connectivity index (χ1v) is 12.6. The Kier molecular flexibility index (Phi) is 7.40. The average molecular weight is 542 g/mol. The van der Waals surface area contributed by atoms with Crippen LogP contribution in [0, 0.1) is 11.3 Å². The number of nitrogens with one attached hydrogen (secondary N) is 2. The number of anilines is 1. The summed E-state index contributed by atoms with van der Waals surface area (Å²) in [6.07, 6.45) is 6.83. The van der Waals surface area contributed by atoms with E-state index in [0.29, 0.717) is 28.2 Å². The van der Waals surface area contributed by atoms with Crippen molar-refractivity contribution in [2.45, 2.75) is 75.2 Å². The fraction of sp³-hybridized carbons (Fsp3) is 0.481. The monoisotopic (exact) mass is 541 g/mol. The van der Waals surface area contributed by atoms with E-state index in [1.165, 1.54) is 26.2 Å². The maximum Gasteiger partial charge on any atom is 0.255 e. The second-order valence-corrected chi connectivity index (χ2v) is 11.1. The van der Waals surface area contributed by atoms with Crippen molar-refractivity contribution in [3.8, 4) is 17.5 Å². The number of nitriles is 1. The van der Waals surface area contributed by atoms with Gasteiger partial charge in [0.25, 0.3) is 5.91 Å². The van der Waals surface area contributed by atoms with E-state index in [4.69, 9.17) is 5.73 Å². The van der Waals surface area contributed by atoms with Crippen LogP contribution in [0.1, 0.15) is 68.3 Å². The zero-order valence-corrected chi connectivity index (χ0v) is 22.3. The smallest absolute Gasteiger partial charge is 0.255 e. The fourth-order valence-electron chi connectivity index (χ4n) is 5.35. The van der Waals surface area contributed by atoms with Crippen molar-refractivity contribution >= 4 is 29.5 Å². The molecular formula is C27H33ClFN7O2. The van der Waals surface area contributed by atoms with Gasteiger partial charge in [-0.2, -0.15) is 10.4 Å². The molecule has 202 valence electrons. The molecule has 38 heavy (non-hydrogen) atoms. The van der Waals surface area contributed by atoms with E-state index in [-0.39, 0.29) is 30.0 Å². The summed E-state index contributed by atoms with van der Waals surface area (Å²) in [4.78, 5) is 17.7. The van der Waals surface area contributed by atoms with Crippen LogP contribution in [-0.4, -0.2) is 55.0 Å². The third kappa shape index (κ3) is 5.32. The van der Waals surface area contributed by atoms with Crippen LogP contribution in [-0.2, 0) is 0 Å². The minimum Gasteiger partial charge on any atom is -0.387 e. The Morgan fingerprint density at radius 2 is 1.92 bits per heavy atom. The number of nitrogens with zero attached hydrogens (tertiary/aromatic N) is 4. The number of pyridine rings is 1. The first kappa shape index (κ1) is 27.8. The number of aliphatic hydroxyl groups is 1. The van der Waals surface area contributed by atoms with Crippen molar-refractivity contribution in [1.29, 1.82) is 5.26 Å². The summed E-state index contributed by atoms with van der Waals surface area (Å²) in [5.74, 6) is -0.471. The van der Waals surface area contributed by atoms with Crippen molar-refractivity contribution in [2.24, 2.45) is 5.73 Å². The van der Waals surface area contributed by atoms with Crippen molar-refractivity contribution in [2.75, 3.05) is 11.9 Å². The highest BCUT2D eigenvalue weighted by molar-refractivity contribution is 6.00. The van der Waals surface area contributed by atoms with Crippen LogP contribution >= 0.6 is 12.4 Å². The lowest BCUT2D eigenvalue weighted by Crippen LogP contribution is -2.58.